The van der Waals surface area contributed by atoms with E-state index >= 15 is 0 Å². The van der Waals surface area contributed by atoms with Crippen molar-refractivity contribution in [2.75, 3.05) is 6.54 Å². The minimum Gasteiger partial charge on any atom is -0.352 e. The number of carbonyl (C=O) groups excluding carboxylic acids is 1. The van der Waals surface area contributed by atoms with E-state index in [2.05, 4.69) is 42.0 Å². The van der Waals surface area contributed by atoms with Crippen molar-refractivity contribution in [1.82, 2.24) is 5.32 Å². The van der Waals surface area contributed by atoms with Crippen molar-refractivity contribution in [3.8, 4) is 0 Å². The number of nitrogens with one attached hydrogen (secondary N) is 1. The van der Waals surface area contributed by atoms with Gasteiger partial charge in [-0.2, -0.15) is 0 Å². The van der Waals surface area contributed by atoms with Gasteiger partial charge in [-0.1, -0.05) is 42.8 Å². The predicted molar refractivity (Wildman–Crippen MR) is 70.5 cm³/mol. The second-order valence-electron chi connectivity index (χ2n) is 4.71. The Labute approximate surface area is 106 Å². The van der Waals surface area contributed by atoms with Crippen LogP contribution in [0.4, 0.5) is 0 Å². The zero-order valence-corrected chi connectivity index (χ0v) is 11.6. The predicted octanol–water partition coefficient (Wildman–Crippen LogP) is 3.62. The number of halogens is 1. The maximum Gasteiger partial charge on any atom is 0.251 e. The molecule has 0 atom stereocenters. The summed E-state index contributed by atoms with van der Waals surface area (Å²) < 4.78 is 0.926. The third kappa shape index (κ3) is 3.97. The van der Waals surface area contributed by atoms with Crippen molar-refractivity contribution in [3.05, 3.63) is 34.3 Å². The fraction of sp³-hybridized carbons (Fsp3) is 0.462. The van der Waals surface area contributed by atoms with E-state index in [4.69, 9.17) is 0 Å². The minimum absolute atomic E-state index is 0.0113. The Hall–Kier alpha value is -0.830. The second kappa shape index (κ2) is 5.48. The molecule has 0 aliphatic carbocycles. The van der Waals surface area contributed by atoms with E-state index in [-0.39, 0.29) is 11.3 Å². The van der Waals surface area contributed by atoms with Crippen LogP contribution in [0.15, 0.2) is 28.7 Å². The highest BCUT2D eigenvalue weighted by atomic mass is 79.9. The van der Waals surface area contributed by atoms with Crippen LogP contribution in [0.3, 0.4) is 0 Å². The Kier molecular flexibility index (Phi) is 4.54. The van der Waals surface area contributed by atoms with Crippen LogP contribution in [0.25, 0.3) is 0 Å². The SMILES string of the molecule is CCC(C)(C)CNC(=O)c1cccc(Br)c1. The van der Waals surface area contributed by atoms with E-state index in [9.17, 15) is 4.79 Å². The molecule has 0 aromatic heterocycles. The molecule has 1 rings (SSSR count). The molecule has 0 saturated carbocycles. The molecule has 0 fully saturated rings. The summed E-state index contributed by atoms with van der Waals surface area (Å²) in [6, 6.07) is 7.42. The molecular weight excluding hydrogens is 266 g/mol. The first-order valence-electron chi connectivity index (χ1n) is 5.48. The zero-order valence-electron chi connectivity index (χ0n) is 10.0. The van der Waals surface area contributed by atoms with E-state index in [1.54, 1.807) is 0 Å². The summed E-state index contributed by atoms with van der Waals surface area (Å²) in [5.41, 5.74) is 0.850. The van der Waals surface area contributed by atoms with Crippen molar-refractivity contribution in [1.29, 1.82) is 0 Å². The van der Waals surface area contributed by atoms with Gasteiger partial charge in [0.1, 0.15) is 0 Å². The van der Waals surface area contributed by atoms with Gasteiger partial charge < -0.3 is 5.32 Å². The number of benzene rings is 1. The van der Waals surface area contributed by atoms with Crippen molar-refractivity contribution in [2.24, 2.45) is 5.41 Å². The summed E-state index contributed by atoms with van der Waals surface area (Å²) in [6.07, 6.45) is 1.05. The van der Waals surface area contributed by atoms with E-state index in [1.165, 1.54) is 0 Å². The Morgan fingerprint density at radius 2 is 2.12 bits per heavy atom. The lowest BCUT2D eigenvalue weighted by molar-refractivity contribution is 0.0935. The highest BCUT2D eigenvalue weighted by Crippen LogP contribution is 2.18. The summed E-state index contributed by atoms with van der Waals surface area (Å²) in [4.78, 5) is 11.8. The first-order chi connectivity index (χ1) is 7.44. The molecule has 0 bridgehead atoms. The van der Waals surface area contributed by atoms with Crippen LogP contribution in [0.2, 0.25) is 0 Å². The maximum absolute atomic E-state index is 11.8. The molecular formula is C13H18BrNO. The fourth-order valence-electron chi connectivity index (χ4n) is 1.18. The molecule has 16 heavy (non-hydrogen) atoms. The minimum atomic E-state index is -0.0113. The molecule has 0 spiro atoms. The Morgan fingerprint density at radius 1 is 1.44 bits per heavy atom. The van der Waals surface area contributed by atoms with Gasteiger partial charge in [0.2, 0.25) is 0 Å². The monoisotopic (exact) mass is 283 g/mol. The van der Waals surface area contributed by atoms with E-state index in [0.717, 1.165) is 10.9 Å². The smallest absolute Gasteiger partial charge is 0.251 e. The van der Waals surface area contributed by atoms with E-state index < -0.39 is 0 Å². The number of carbonyl (C=O) groups is 1. The first-order valence-corrected chi connectivity index (χ1v) is 6.28. The molecule has 88 valence electrons. The number of hydrogen-bond donors (Lipinski definition) is 1. The van der Waals surface area contributed by atoms with Crippen LogP contribution in [0.1, 0.15) is 37.6 Å². The molecule has 0 saturated heterocycles. The van der Waals surface area contributed by atoms with Crippen molar-refractivity contribution >= 4 is 21.8 Å². The Morgan fingerprint density at radius 3 is 2.69 bits per heavy atom. The highest BCUT2D eigenvalue weighted by Gasteiger charge is 2.16. The topological polar surface area (TPSA) is 29.1 Å². The fourth-order valence-corrected chi connectivity index (χ4v) is 1.58. The van der Waals surface area contributed by atoms with Crippen LogP contribution in [-0.2, 0) is 0 Å². The van der Waals surface area contributed by atoms with Gasteiger partial charge in [-0.25, -0.2) is 0 Å². The molecule has 1 N–H and O–H groups in total. The lowest BCUT2D eigenvalue weighted by atomic mass is 9.90. The average Bonchev–Trinajstić information content (AvgIpc) is 2.26. The van der Waals surface area contributed by atoms with E-state index in [0.29, 0.717) is 12.1 Å². The van der Waals surface area contributed by atoms with Crippen LogP contribution in [0.5, 0.6) is 0 Å². The third-order valence-corrected chi connectivity index (χ3v) is 3.26. The van der Waals surface area contributed by atoms with Crippen LogP contribution >= 0.6 is 15.9 Å². The molecule has 0 unspecified atom stereocenters. The largest absolute Gasteiger partial charge is 0.352 e. The standard InChI is InChI=1S/C13H18BrNO/c1-4-13(2,3)9-15-12(16)10-6-5-7-11(14)8-10/h5-8H,4,9H2,1-3H3,(H,15,16). The van der Waals surface area contributed by atoms with Gasteiger partial charge in [-0.3, -0.25) is 4.79 Å². The van der Waals surface area contributed by atoms with Gasteiger partial charge in [0.05, 0.1) is 0 Å². The molecule has 0 aliphatic rings. The van der Waals surface area contributed by atoms with Gasteiger partial charge in [-0.05, 0) is 30.0 Å². The molecule has 0 aliphatic heterocycles. The number of amides is 1. The summed E-state index contributed by atoms with van der Waals surface area (Å²) in [7, 11) is 0. The highest BCUT2D eigenvalue weighted by molar-refractivity contribution is 9.10. The summed E-state index contributed by atoms with van der Waals surface area (Å²) in [5, 5.41) is 2.96. The van der Waals surface area contributed by atoms with Crippen molar-refractivity contribution in [2.45, 2.75) is 27.2 Å². The molecule has 3 heteroatoms. The number of rotatable bonds is 4. The van der Waals surface area contributed by atoms with Crippen LogP contribution in [0, 0.1) is 5.41 Å². The normalized spacial score (nSPS) is 11.2. The number of hydrogen-bond acceptors (Lipinski definition) is 1. The van der Waals surface area contributed by atoms with Crippen molar-refractivity contribution < 1.29 is 4.79 Å². The quantitative estimate of drug-likeness (QED) is 0.899. The zero-order chi connectivity index (χ0) is 12.2. The van der Waals surface area contributed by atoms with Gasteiger partial charge in [0.25, 0.3) is 5.91 Å². The van der Waals surface area contributed by atoms with Crippen LogP contribution in [-0.4, -0.2) is 12.5 Å². The van der Waals surface area contributed by atoms with Gasteiger partial charge in [0.15, 0.2) is 0 Å². The lowest BCUT2D eigenvalue weighted by Crippen LogP contribution is -2.33. The maximum atomic E-state index is 11.8. The summed E-state index contributed by atoms with van der Waals surface area (Å²) >= 11 is 3.35. The molecule has 0 heterocycles. The second-order valence-corrected chi connectivity index (χ2v) is 5.63. The summed E-state index contributed by atoms with van der Waals surface area (Å²) in [5.74, 6) is -0.0113. The average molecular weight is 284 g/mol. The van der Waals surface area contributed by atoms with E-state index in [1.807, 2.05) is 24.3 Å². The summed E-state index contributed by atoms with van der Waals surface area (Å²) in [6.45, 7) is 7.13. The molecule has 1 aromatic carbocycles. The Balaban J connectivity index is 2.60. The Bertz CT molecular complexity index is 374. The molecule has 2 nitrogen and oxygen atoms in total. The molecule has 1 aromatic rings. The third-order valence-electron chi connectivity index (χ3n) is 2.77. The van der Waals surface area contributed by atoms with Gasteiger partial charge in [-0.15, -0.1) is 0 Å². The van der Waals surface area contributed by atoms with Crippen molar-refractivity contribution in [3.63, 3.8) is 0 Å². The molecule has 0 radical (unpaired) electrons. The van der Waals surface area contributed by atoms with Crippen LogP contribution < -0.4 is 5.32 Å². The van der Waals surface area contributed by atoms with Gasteiger partial charge >= 0.3 is 0 Å². The lowest BCUT2D eigenvalue weighted by Gasteiger charge is -2.22. The molecule has 1 amide bonds. The first kappa shape index (κ1) is 13.2. The van der Waals surface area contributed by atoms with Gasteiger partial charge in [0, 0.05) is 16.6 Å².